The number of rotatable bonds is 5. The van der Waals surface area contributed by atoms with Gasteiger partial charge in [-0.2, -0.15) is 5.26 Å². The van der Waals surface area contributed by atoms with Gasteiger partial charge in [0.1, 0.15) is 23.9 Å². The van der Waals surface area contributed by atoms with Crippen LogP contribution in [0.1, 0.15) is 24.4 Å². The van der Waals surface area contributed by atoms with Gasteiger partial charge in [-0.15, -0.1) is 0 Å². The topological polar surface area (TPSA) is 106 Å². The highest BCUT2D eigenvalue weighted by Gasteiger charge is 2.27. The zero-order valence-electron chi connectivity index (χ0n) is 13.9. The number of nitriles is 1. The van der Waals surface area contributed by atoms with Gasteiger partial charge in [-0.3, -0.25) is 14.2 Å². The summed E-state index contributed by atoms with van der Waals surface area (Å²) in [5, 5.41) is 12.1. The molecule has 0 atom stereocenters. The van der Waals surface area contributed by atoms with E-state index in [1.807, 2.05) is 0 Å². The Hall–Kier alpha value is -3.05. The SMILES string of the molecule is COc1ccc(Cl)cc1NC(=O)Cn1c(=O)c(C#N)cn(C2CC2)c1=O. The number of nitrogens with one attached hydrogen (secondary N) is 1. The van der Waals surface area contributed by atoms with Crippen LogP contribution in [0.5, 0.6) is 5.75 Å². The van der Waals surface area contributed by atoms with Crippen LogP contribution >= 0.6 is 11.6 Å². The summed E-state index contributed by atoms with van der Waals surface area (Å²) >= 11 is 5.92. The maximum absolute atomic E-state index is 12.5. The van der Waals surface area contributed by atoms with E-state index in [0.717, 1.165) is 17.4 Å². The zero-order chi connectivity index (χ0) is 18.8. The molecule has 1 aromatic heterocycles. The Balaban J connectivity index is 1.92. The molecule has 26 heavy (non-hydrogen) atoms. The van der Waals surface area contributed by atoms with Gasteiger partial charge >= 0.3 is 5.69 Å². The number of hydrogen-bond donors (Lipinski definition) is 1. The van der Waals surface area contributed by atoms with Gasteiger partial charge in [-0.05, 0) is 31.0 Å². The van der Waals surface area contributed by atoms with Gasteiger partial charge in [0.05, 0.1) is 12.8 Å². The highest BCUT2D eigenvalue weighted by Crippen LogP contribution is 2.33. The number of anilines is 1. The highest BCUT2D eigenvalue weighted by atomic mass is 35.5. The third-order valence-corrected chi connectivity index (χ3v) is 4.23. The third-order valence-electron chi connectivity index (χ3n) is 3.99. The summed E-state index contributed by atoms with van der Waals surface area (Å²) in [7, 11) is 1.44. The smallest absolute Gasteiger partial charge is 0.331 e. The zero-order valence-corrected chi connectivity index (χ0v) is 14.6. The van der Waals surface area contributed by atoms with Crippen molar-refractivity contribution in [2.75, 3.05) is 12.4 Å². The third kappa shape index (κ3) is 3.48. The van der Waals surface area contributed by atoms with E-state index in [0.29, 0.717) is 16.5 Å². The summed E-state index contributed by atoms with van der Waals surface area (Å²) in [6, 6.07) is 6.42. The number of benzene rings is 1. The number of hydrogen-bond acceptors (Lipinski definition) is 5. The quantitative estimate of drug-likeness (QED) is 0.853. The first-order chi connectivity index (χ1) is 12.4. The minimum absolute atomic E-state index is 0.0301. The lowest BCUT2D eigenvalue weighted by atomic mass is 10.3. The van der Waals surface area contributed by atoms with Crippen molar-refractivity contribution in [3.8, 4) is 11.8 Å². The first-order valence-electron chi connectivity index (χ1n) is 7.84. The average molecular weight is 375 g/mol. The van der Waals surface area contributed by atoms with Gasteiger partial charge < -0.3 is 10.1 Å². The van der Waals surface area contributed by atoms with Crippen LogP contribution in [-0.2, 0) is 11.3 Å². The highest BCUT2D eigenvalue weighted by molar-refractivity contribution is 6.31. The van der Waals surface area contributed by atoms with E-state index in [-0.39, 0.29) is 11.6 Å². The number of halogens is 1. The number of methoxy groups -OCH3 is 1. The Bertz CT molecular complexity index is 1030. The molecule has 0 radical (unpaired) electrons. The van der Waals surface area contributed by atoms with Gasteiger partial charge in [0.2, 0.25) is 5.91 Å². The molecule has 1 N–H and O–H groups in total. The number of carbonyl (C=O) groups excluding carboxylic acids is 1. The normalized spacial score (nSPS) is 13.1. The van der Waals surface area contributed by atoms with Crippen molar-refractivity contribution in [3.05, 3.63) is 55.8 Å². The van der Waals surface area contributed by atoms with Crippen LogP contribution in [0.2, 0.25) is 5.02 Å². The van der Waals surface area contributed by atoms with E-state index in [4.69, 9.17) is 21.6 Å². The molecule has 2 aromatic rings. The summed E-state index contributed by atoms with van der Waals surface area (Å²) in [6.07, 6.45) is 2.86. The minimum atomic E-state index is -0.789. The van der Waals surface area contributed by atoms with Crippen LogP contribution in [0, 0.1) is 11.3 Å². The number of nitrogens with zero attached hydrogens (tertiary/aromatic N) is 3. The van der Waals surface area contributed by atoms with Crippen molar-refractivity contribution in [1.82, 2.24) is 9.13 Å². The largest absolute Gasteiger partial charge is 0.495 e. The second-order valence-electron chi connectivity index (χ2n) is 5.86. The van der Waals surface area contributed by atoms with Crippen molar-refractivity contribution in [2.24, 2.45) is 0 Å². The minimum Gasteiger partial charge on any atom is -0.495 e. The molecule has 9 heteroatoms. The lowest BCUT2D eigenvalue weighted by Crippen LogP contribution is -2.43. The van der Waals surface area contributed by atoms with Crippen molar-refractivity contribution < 1.29 is 9.53 Å². The van der Waals surface area contributed by atoms with Gasteiger partial charge in [-0.25, -0.2) is 9.36 Å². The summed E-state index contributed by atoms with van der Waals surface area (Å²) in [5.41, 5.74) is -1.26. The summed E-state index contributed by atoms with van der Waals surface area (Å²) in [4.78, 5) is 37.1. The molecule has 0 bridgehead atoms. The Morgan fingerprint density at radius 3 is 2.77 bits per heavy atom. The first-order valence-corrected chi connectivity index (χ1v) is 8.22. The van der Waals surface area contributed by atoms with Crippen molar-refractivity contribution in [1.29, 1.82) is 5.26 Å². The van der Waals surface area contributed by atoms with Crippen LogP contribution in [0.15, 0.2) is 34.0 Å². The van der Waals surface area contributed by atoms with Crippen molar-refractivity contribution in [2.45, 2.75) is 25.4 Å². The van der Waals surface area contributed by atoms with E-state index >= 15 is 0 Å². The Labute approximate surface area is 153 Å². The summed E-state index contributed by atoms with van der Waals surface area (Å²) < 4.78 is 7.25. The first kappa shape index (κ1) is 17.8. The number of ether oxygens (including phenoxy) is 1. The Morgan fingerprint density at radius 2 is 2.15 bits per heavy atom. The van der Waals surface area contributed by atoms with Gasteiger partial charge in [0, 0.05) is 17.3 Å². The van der Waals surface area contributed by atoms with E-state index in [1.165, 1.54) is 23.9 Å². The predicted molar refractivity (Wildman–Crippen MR) is 94.6 cm³/mol. The molecule has 1 heterocycles. The van der Waals surface area contributed by atoms with Crippen molar-refractivity contribution in [3.63, 3.8) is 0 Å². The molecule has 1 aromatic carbocycles. The van der Waals surface area contributed by atoms with E-state index in [1.54, 1.807) is 18.2 Å². The maximum atomic E-state index is 12.5. The lowest BCUT2D eigenvalue weighted by molar-refractivity contribution is -0.116. The fraction of sp³-hybridized carbons (Fsp3) is 0.294. The fourth-order valence-corrected chi connectivity index (χ4v) is 2.73. The second-order valence-corrected chi connectivity index (χ2v) is 6.30. The van der Waals surface area contributed by atoms with Gasteiger partial charge in [-0.1, -0.05) is 11.6 Å². The molecule has 1 amide bonds. The summed E-state index contributed by atoms with van der Waals surface area (Å²) in [6.45, 7) is -0.518. The van der Waals surface area contributed by atoms with Gasteiger partial charge in [0.15, 0.2) is 0 Å². The molecule has 1 aliphatic carbocycles. The molecular formula is C17H15ClN4O4. The molecule has 0 aliphatic heterocycles. The van der Waals surface area contributed by atoms with Crippen LogP contribution < -0.4 is 21.3 Å². The van der Waals surface area contributed by atoms with Crippen LogP contribution in [0.25, 0.3) is 0 Å². The van der Waals surface area contributed by atoms with Crippen LogP contribution in [0.3, 0.4) is 0 Å². The molecule has 0 spiro atoms. The van der Waals surface area contributed by atoms with Crippen LogP contribution in [0.4, 0.5) is 5.69 Å². The number of carbonyl (C=O) groups is 1. The number of aromatic nitrogens is 2. The molecule has 0 unspecified atom stereocenters. The van der Waals surface area contributed by atoms with E-state index in [2.05, 4.69) is 5.32 Å². The van der Waals surface area contributed by atoms with Gasteiger partial charge in [0.25, 0.3) is 5.56 Å². The standard InChI is InChI=1S/C17H15ClN4O4/c1-26-14-5-2-11(18)6-13(14)20-15(23)9-22-16(24)10(7-19)8-21(17(22)25)12-3-4-12/h2,5-6,8,12H,3-4,9H2,1H3,(H,20,23). The van der Waals surface area contributed by atoms with Crippen molar-refractivity contribution >= 4 is 23.2 Å². The maximum Gasteiger partial charge on any atom is 0.331 e. The fourth-order valence-electron chi connectivity index (χ4n) is 2.56. The monoisotopic (exact) mass is 374 g/mol. The predicted octanol–water partition coefficient (Wildman–Crippen LogP) is 1.52. The van der Waals surface area contributed by atoms with E-state index in [9.17, 15) is 14.4 Å². The summed E-state index contributed by atoms with van der Waals surface area (Å²) in [5.74, 6) is -0.224. The Morgan fingerprint density at radius 1 is 1.42 bits per heavy atom. The lowest BCUT2D eigenvalue weighted by Gasteiger charge is -2.12. The molecule has 1 saturated carbocycles. The van der Waals surface area contributed by atoms with E-state index < -0.39 is 23.7 Å². The Kier molecular flexibility index (Phi) is 4.82. The number of amides is 1. The molecule has 134 valence electrons. The molecular weight excluding hydrogens is 360 g/mol. The molecule has 1 fully saturated rings. The second kappa shape index (κ2) is 7.06. The van der Waals surface area contributed by atoms with Crippen LogP contribution in [-0.4, -0.2) is 22.2 Å². The molecule has 8 nitrogen and oxygen atoms in total. The average Bonchev–Trinajstić information content (AvgIpc) is 3.44. The molecule has 3 rings (SSSR count). The molecule has 0 saturated heterocycles. The molecule has 1 aliphatic rings.